The smallest absolute Gasteiger partial charge is 0.266 e. The van der Waals surface area contributed by atoms with Crippen LogP contribution in [0.15, 0.2) is 66.7 Å². The highest BCUT2D eigenvalue weighted by atomic mass is 16.5. The Kier molecular flexibility index (Phi) is 6.01. The van der Waals surface area contributed by atoms with Crippen LogP contribution in [-0.2, 0) is 0 Å². The van der Waals surface area contributed by atoms with Crippen LogP contribution >= 0.6 is 0 Å². The fraction of sp³-hybridized carbons (Fsp3) is 0.214. The third kappa shape index (κ3) is 4.00. The van der Waals surface area contributed by atoms with Gasteiger partial charge in [0.05, 0.1) is 23.9 Å². The summed E-state index contributed by atoms with van der Waals surface area (Å²) in [6.45, 7) is 3.37. The van der Waals surface area contributed by atoms with Crippen molar-refractivity contribution < 1.29 is 23.9 Å². The number of hydrogen-bond acceptors (Lipinski definition) is 5. The van der Waals surface area contributed by atoms with E-state index >= 15 is 0 Å². The van der Waals surface area contributed by atoms with Crippen molar-refractivity contribution in [3.63, 3.8) is 0 Å². The van der Waals surface area contributed by atoms with Crippen LogP contribution in [0.3, 0.4) is 0 Å². The molecule has 3 aromatic rings. The number of benzene rings is 3. The molecule has 0 aliphatic carbocycles. The number of nitrogens with zero attached hydrogens (tertiary/aromatic N) is 3. The van der Waals surface area contributed by atoms with E-state index in [9.17, 15) is 19.2 Å². The Labute approximate surface area is 208 Å². The summed E-state index contributed by atoms with van der Waals surface area (Å²) in [5.41, 5.74) is 2.73. The van der Waals surface area contributed by atoms with E-state index in [1.54, 1.807) is 65.4 Å². The summed E-state index contributed by atoms with van der Waals surface area (Å²) in [6, 6.07) is 18.8. The number of carbonyl (C=O) groups excluding carboxylic acids is 4. The normalized spacial score (nSPS) is 15.2. The standard InChI is InChI=1S/C28H25N3O5/c1-18-6-3-4-9-24(18)31-27(34)22-11-10-20(17-23(22)28(31)35)26(33)30-14-12-29(13-15-30)25(32)19-7-5-8-21(16-19)36-2/h3-11,16-17H,12-15H2,1-2H3. The zero-order valence-corrected chi connectivity index (χ0v) is 20.1. The molecule has 0 radical (unpaired) electrons. The number of amides is 4. The van der Waals surface area contributed by atoms with Crippen LogP contribution < -0.4 is 9.64 Å². The summed E-state index contributed by atoms with van der Waals surface area (Å²) in [6.07, 6.45) is 0. The van der Waals surface area contributed by atoms with Gasteiger partial charge in [0.15, 0.2) is 0 Å². The molecule has 8 heteroatoms. The number of anilines is 1. The number of hydrogen-bond donors (Lipinski definition) is 0. The molecule has 0 aromatic heterocycles. The van der Waals surface area contributed by atoms with Gasteiger partial charge in [-0.15, -0.1) is 0 Å². The van der Waals surface area contributed by atoms with E-state index in [0.29, 0.717) is 48.7 Å². The van der Waals surface area contributed by atoms with Crippen molar-refractivity contribution in [2.45, 2.75) is 6.92 Å². The Morgan fingerprint density at radius 3 is 1.97 bits per heavy atom. The first kappa shape index (κ1) is 23.3. The first-order chi connectivity index (χ1) is 17.4. The zero-order chi connectivity index (χ0) is 25.4. The van der Waals surface area contributed by atoms with Crippen LogP contribution in [0.2, 0.25) is 0 Å². The van der Waals surface area contributed by atoms with Crippen LogP contribution in [0.25, 0.3) is 0 Å². The van der Waals surface area contributed by atoms with Crippen molar-refractivity contribution in [1.82, 2.24) is 9.80 Å². The second-order valence-electron chi connectivity index (χ2n) is 8.81. The minimum absolute atomic E-state index is 0.112. The number of rotatable bonds is 4. The topological polar surface area (TPSA) is 87.2 Å². The molecule has 1 saturated heterocycles. The Hall–Kier alpha value is -4.46. The number of imide groups is 1. The van der Waals surface area contributed by atoms with Crippen molar-refractivity contribution in [2.75, 3.05) is 38.2 Å². The van der Waals surface area contributed by atoms with Gasteiger partial charge in [0.2, 0.25) is 0 Å². The highest BCUT2D eigenvalue weighted by Gasteiger charge is 2.38. The van der Waals surface area contributed by atoms with Crippen LogP contribution in [0.1, 0.15) is 47.0 Å². The molecule has 4 amide bonds. The van der Waals surface area contributed by atoms with Gasteiger partial charge in [-0.05, 0) is 55.0 Å². The molecule has 0 unspecified atom stereocenters. The summed E-state index contributed by atoms with van der Waals surface area (Å²) in [4.78, 5) is 56.7. The summed E-state index contributed by atoms with van der Waals surface area (Å²) in [5.74, 6) is -0.569. The fourth-order valence-electron chi connectivity index (χ4n) is 4.64. The van der Waals surface area contributed by atoms with Gasteiger partial charge < -0.3 is 14.5 Å². The maximum atomic E-state index is 13.2. The number of para-hydroxylation sites is 1. The van der Waals surface area contributed by atoms with Crippen LogP contribution in [0.4, 0.5) is 5.69 Å². The van der Waals surface area contributed by atoms with Gasteiger partial charge in [-0.1, -0.05) is 24.3 Å². The summed E-state index contributed by atoms with van der Waals surface area (Å²) in [7, 11) is 1.55. The third-order valence-corrected chi connectivity index (χ3v) is 6.66. The molecule has 0 spiro atoms. The molecule has 0 N–H and O–H groups in total. The lowest BCUT2D eigenvalue weighted by Gasteiger charge is -2.35. The molecule has 0 saturated carbocycles. The van der Waals surface area contributed by atoms with E-state index in [-0.39, 0.29) is 22.9 Å². The largest absolute Gasteiger partial charge is 0.497 e. The molecule has 2 aliphatic rings. The van der Waals surface area contributed by atoms with E-state index in [0.717, 1.165) is 10.5 Å². The molecule has 2 aliphatic heterocycles. The Bertz CT molecular complexity index is 1390. The molecule has 2 heterocycles. The average molecular weight is 484 g/mol. The molecule has 0 atom stereocenters. The Morgan fingerprint density at radius 2 is 1.33 bits per heavy atom. The zero-order valence-electron chi connectivity index (χ0n) is 20.1. The quantitative estimate of drug-likeness (QED) is 0.531. The van der Waals surface area contributed by atoms with Gasteiger partial charge in [-0.25, -0.2) is 4.90 Å². The highest BCUT2D eigenvalue weighted by Crippen LogP contribution is 2.31. The minimum Gasteiger partial charge on any atom is -0.497 e. The molecule has 8 nitrogen and oxygen atoms in total. The van der Waals surface area contributed by atoms with E-state index in [1.165, 1.54) is 6.07 Å². The van der Waals surface area contributed by atoms with E-state index in [4.69, 9.17) is 4.74 Å². The van der Waals surface area contributed by atoms with Gasteiger partial charge in [0.25, 0.3) is 23.6 Å². The first-order valence-electron chi connectivity index (χ1n) is 11.7. The number of piperazine rings is 1. The summed E-state index contributed by atoms with van der Waals surface area (Å²) >= 11 is 0. The number of carbonyl (C=O) groups is 4. The van der Waals surface area contributed by atoms with Crippen LogP contribution in [0.5, 0.6) is 5.75 Å². The van der Waals surface area contributed by atoms with Gasteiger partial charge in [0.1, 0.15) is 5.75 Å². The summed E-state index contributed by atoms with van der Waals surface area (Å²) < 4.78 is 5.20. The minimum atomic E-state index is -0.437. The van der Waals surface area contributed by atoms with Crippen molar-refractivity contribution in [3.8, 4) is 5.75 Å². The van der Waals surface area contributed by atoms with Gasteiger partial charge in [-0.2, -0.15) is 0 Å². The third-order valence-electron chi connectivity index (χ3n) is 6.66. The first-order valence-corrected chi connectivity index (χ1v) is 11.7. The van der Waals surface area contributed by atoms with Crippen molar-refractivity contribution in [2.24, 2.45) is 0 Å². The fourth-order valence-corrected chi connectivity index (χ4v) is 4.64. The summed E-state index contributed by atoms with van der Waals surface area (Å²) in [5, 5.41) is 0. The second-order valence-corrected chi connectivity index (χ2v) is 8.81. The molecule has 3 aromatic carbocycles. The molecule has 1 fully saturated rings. The Balaban J connectivity index is 1.29. The lowest BCUT2D eigenvalue weighted by molar-refractivity contribution is 0.0535. The number of ether oxygens (including phenoxy) is 1. The number of methoxy groups -OCH3 is 1. The van der Waals surface area contributed by atoms with E-state index in [1.807, 2.05) is 19.1 Å². The van der Waals surface area contributed by atoms with Crippen LogP contribution in [-0.4, -0.2) is 66.7 Å². The van der Waals surface area contributed by atoms with Crippen LogP contribution in [0, 0.1) is 6.92 Å². The molecule has 0 bridgehead atoms. The Morgan fingerprint density at radius 1 is 0.722 bits per heavy atom. The maximum absolute atomic E-state index is 13.2. The SMILES string of the molecule is COc1cccc(C(=O)N2CCN(C(=O)c3ccc4c(c3)C(=O)N(c3ccccc3C)C4=O)CC2)c1. The number of aryl methyl sites for hydroxylation is 1. The predicted octanol–water partition coefficient (Wildman–Crippen LogP) is 3.40. The van der Waals surface area contributed by atoms with Gasteiger partial charge >= 0.3 is 0 Å². The monoisotopic (exact) mass is 483 g/mol. The molecule has 182 valence electrons. The lowest BCUT2D eigenvalue weighted by atomic mass is 10.0. The van der Waals surface area contributed by atoms with E-state index < -0.39 is 11.8 Å². The average Bonchev–Trinajstić information content (AvgIpc) is 3.17. The van der Waals surface area contributed by atoms with Crippen molar-refractivity contribution in [1.29, 1.82) is 0 Å². The predicted molar refractivity (Wildman–Crippen MR) is 134 cm³/mol. The number of fused-ring (bicyclic) bond motifs is 1. The highest BCUT2D eigenvalue weighted by molar-refractivity contribution is 6.35. The molecule has 36 heavy (non-hydrogen) atoms. The van der Waals surface area contributed by atoms with Crippen molar-refractivity contribution >= 4 is 29.3 Å². The second kappa shape index (κ2) is 9.30. The molecular formula is C28H25N3O5. The molecule has 5 rings (SSSR count). The van der Waals surface area contributed by atoms with Gasteiger partial charge in [0, 0.05) is 37.3 Å². The van der Waals surface area contributed by atoms with Crippen molar-refractivity contribution in [3.05, 3.63) is 94.5 Å². The lowest BCUT2D eigenvalue weighted by Crippen LogP contribution is -2.50. The van der Waals surface area contributed by atoms with E-state index in [2.05, 4.69) is 0 Å². The molecular weight excluding hydrogens is 458 g/mol. The maximum Gasteiger partial charge on any atom is 0.266 e. The van der Waals surface area contributed by atoms with Gasteiger partial charge in [-0.3, -0.25) is 19.2 Å².